The molecular weight excluding hydrogens is 641 g/mol. The van der Waals surface area contributed by atoms with Crippen molar-refractivity contribution in [2.24, 2.45) is 11.8 Å². The fraction of sp³-hybridized carbons (Fsp3) is 0.417. The van der Waals surface area contributed by atoms with Gasteiger partial charge in [0, 0.05) is 112 Å². The molecule has 0 bridgehead atoms. The Kier molecular flexibility index (Phi) is 8.83. The zero-order valence-electron chi connectivity index (χ0n) is 27.6. The lowest BCUT2D eigenvalue weighted by Gasteiger charge is -2.38. The minimum Gasteiger partial charge on any atom is -0.357 e. The quantitative estimate of drug-likeness (QED) is 0.252. The Bertz CT molecular complexity index is 1830. The van der Waals surface area contributed by atoms with Gasteiger partial charge in [0.1, 0.15) is 11.4 Å². The SMILES string of the molecule is CC(C)N1CCN(S(=O)(=O)N2C[C@@H]3[C@H](C2)[C@H]3N2C(=O)C(Cc3ccncc3)(Cc3ccncc3)N/C2=C\C(=O)c2ccc(C#N)cc2)CC1. The minimum absolute atomic E-state index is 0.0523. The lowest BCUT2D eigenvalue weighted by molar-refractivity contribution is -0.132. The van der Waals surface area contributed by atoms with Gasteiger partial charge in [0.15, 0.2) is 5.78 Å². The van der Waals surface area contributed by atoms with Gasteiger partial charge in [-0.05, 0) is 73.5 Å². The van der Waals surface area contributed by atoms with E-state index in [0.717, 1.165) is 11.1 Å². The molecule has 49 heavy (non-hydrogen) atoms. The van der Waals surface area contributed by atoms with Crippen LogP contribution in [0.4, 0.5) is 0 Å². The molecule has 1 amide bonds. The average Bonchev–Trinajstić information content (AvgIpc) is 3.44. The molecule has 5 heterocycles. The zero-order chi connectivity index (χ0) is 34.3. The number of piperidine rings is 1. The highest BCUT2D eigenvalue weighted by Crippen LogP contribution is 2.53. The molecule has 12 nitrogen and oxygen atoms in total. The maximum Gasteiger partial charge on any atom is 0.282 e. The Morgan fingerprint density at radius 3 is 1.98 bits per heavy atom. The van der Waals surface area contributed by atoms with Crippen LogP contribution in [0.1, 0.15) is 40.9 Å². The number of allylic oxidation sites excluding steroid dienone is 1. The number of pyridine rings is 2. The first-order valence-corrected chi connectivity index (χ1v) is 18.1. The van der Waals surface area contributed by atoms with E-state index in [1.165, 1.54) is 6.08 Å². The summed E-state index contributed by atoms with van der Waals surface area (Å²) >= 11 is 0. The topological polar surface area (TPSA) is 143 Å². The van der Waals surface area contributed by atoms with Gasteiger partial charge in [-0.3, -0.25) is 29.4 Å². The molecule has 0 spiro atoms. The number of rotatable bonds is 10. The average molecular weight is 681 g/mol. The largest absolute Gasteiger partial charge is 0.357 e. The second-order valence-corrected chi connectivity index (χ2v) is 15.6. The highest BCUT2D eigenvalue weighted by atomic mass is 32.2. The van der Waals surface area contributed by atoms with Crippen molar-refractivity contribution in [3.8, 4) is 6.07 Å². The van der Waals surface area contributed by atoms with E-state index in [0.29, 0.717) is 75.1 Å². The Morgan fingerprint density at radius 1 is 0.918 bits per heavy atom. The third kappa shape index (κ3) is 6.37. The smallest absolute Gasteiger partial charge is 0.282 e. The molecule has 2 aromatic heterocycles. The number of hydrogen-bond acceptors (Lipinski definition) is 9. The minimum atomic E-state index is -3.63. The lowest BCUT2D eigenvalue weighted by Crippen LogP contribution is -2.54. The van der Waals surface area contributed by atoms with E-state index in [2.05, 4.69) is 40.1 Å². The first-order valence-electron chi connectivity index (χ1n) is 16.7. The molecule has 1 aromatic carbocycles. The lowest BCUT2D eigenvalue weighted by atomic mass is 9.85. The van der Waals surface area contributed by atoms with Gasteiger partial charge in [-0.1, -0.05) is 0 Å². The van der Waals surface area contributed by atoms with E-state index in [-0.39, 0.29) is 29.6 Å². The van der Waals surface area contributed by atoms with Crippen LogP contribution in [0.25, 0.3) is 0 Å². The number of amides is 1. The summed E-state index contributed by atoms with van der Waals surface area (Å²) in [4.78, 5) is 40.8. The number of fused-ring (bicyclic) bond motifs is 1. The van der Waals surface area contributed by atoms with Gasteiger partial charge < -0.3 is 5.32 Å². The first-order chi connectivity index (χ1) is 23.6. The number of benzene rings is 1. The molecule has 7 rings (SSSR count). The summed E-state index contributed by atoms with van der Waals surface area (Å²) in [5, 5.41) is 12.7. The second kappa shape index (κ2) is 13.1. The molecule has 3 aliphatic heterocycles. The molecular formula is C36H40N8O4S. The predicted molar refractivity (Wildman–Crippen MR) is 182 cm³/mol. The number of nitrogens with one attached hydrogen (secondary N) is 1. The second-order valence-electron chi connectivity index (χ2n) is 13.7. The Balaban J connectivity index is 1.18. The molecule has 0 radical (unpaired) electrons. The summed E-state index contributed by atoms with van der Waals surface area (Å²) in [6.45, 7) is 7.21. The number of aromatic nitrogens is 2. The fourth-order valence-corrected chi connectivity index (χ4v) is 9.33. The molecule has 254 valence electrons. The standard InChI is InChI=1S/C36H40N8O4S/c1-25(2)41-15-17-42(18-16-41)49(47,48)43-23-30-31(24-43)34(30)44-33(19-32(45)29-5-3-28(22-37)4-6-29)40-36(35(44)46,20-26-7-11-38-12-8-26)21-27-9-13-39-14-10-27/h3-14,19,25,30-31,34,40H,15-18,20-21,23-24H2,1-2H3/b33-19+/t30-,31+,34+. The van der Waals surface area contributed by atoms with Crippen molar-refractivity contribution in [3.05, 3.63) is 107 Å². The van der Waals surface area contributed by atoms with Gasteiger partial charge in [-0.15, -0.1) is 0 Å². The van der Waals surface area contributed by atoms with Crippen molar-refractivity contribution in [2.45, 2.75) is 44.3 Å². The van der Waals surface area contributed by atoms with Gasteiger partial charge in [-0.25, -0.2) is 0 Å². The van der Waals surface area contributed by atoms with Crippen LogP contribution in [-0.4, -0.2) is 105 Å². The summed E-state index contributed by atoms with van der Waals surface area (Å²) in [7, 11) is -3.63. The van der Waals surface area contributed by atoms with Gasteiger partial charge in [-0.2, -0.15) is 22.3 Å². The van der Waals surface area contributed by atoms with Crippen molar-refractivity contribution in [1.82, 2.24) is 33.7 Å². The summed E-state index contributed by atoms with van der Waals surface area (Å²) < 4.78 is 30.6. The number of nitriles is 1. The maximum absolute atomic E-state index is 14.9. The van der Waals surface area contributed by atoms with E-state index in [4.69, 9.17) is 0 Å². The molecule has 4 fully saturated rings. The van der Waals surface area contributed by atoms with Crippen LogP contribution < -0.4 is 5.32 Å². The zero-order valence-corrected chi connectivity index (χ0v) is 28.5. The third-order valence-electron chi connectivity index (χ3n) is 10.4. The van der Waals surface area contributed by atoms with Crippen LogP contribution in [0.2, 0.25) is 0 Å². The number of carbonyl (C=O) groups is 2. The van der Waals surface area contributed by atoms with Crippen molar-refractivity contribution in [3.63, 3.8) is 0 Å². The van der Waals surface area contributed by atoms with Crippen molar-refractivity contribution in [1.29, 1.82) is 5.26 Å². The molecule has 0 unspecified atom stereocenters. The monoisotopic (exact) mass is 680 g/mol. The highest BCUT2D eigenvalue weighted by molar-refractivity contribution is 7.86. The number of nitrogens with zero attached hydrogens (tertiary/aromatic N) is 7. The molecule has 4 aliphatic rings. The van der Waals surface area contributed by atoms with E-state index in [9.17, 15) is 23.3 Å². The van der Waals surface area contributed by atoms with Crippen molar-refractivity contribution < 1.29 is 18.0 Å². The van der Waals surface area contributed by atoms with Gasteiger partial charge >= 0.3 is 0 Å². The number of carbonyl (C=O) groups excluding carboxylic acids is 2. The highest BCUT2D eigenvalue weighted by Gasteiger charge is 2.66. The van der Waals surface area contributed by atoms with Crippen LogP contribution >= 0.6 is 0 Å². The Hall–Kier alpha value is -4.48. The Morgan fingerprint density at radius 2 is 1.47 bits per heavy atom. The van der Waals surface area contributed by atoms with Crippen LogP contribution in [0.3, 0.4) is 0 Å². The van der Waals surface area contributed by atoms with Gasteiger partial charge in [0.2, 0.25) is 0 Å². The van der Waals surface area contributed by atoms with Gasteiger partial charge in [0.05, 0.1) is 11.6 Å². The number of ketones is 1. The van der Waals surface area contributed by atoms with Gasteiger partial charge in [0.25, 0.3) is 16.1 Å². The summed E-state index contributed by atoms with van der Waals surface area (Å²) in [5.74, 6) is -0.157. The normalized spacial score (nSPS) is 24.9. The van der Waals surface area contributed by atoms with Crippen LogP contribution in [0.15, 0.2) is 85.2 Å². The predicted octanol–water partition coefficient (Wildman–Crippen LogP) is 2.23. The molecule has 13 heteroatoms. The van der Waals surface area contributed by atoms with Crippen LogP contribution in [-0.2, 0) is 27.8 Å². The molecule has 3 saturated heterocycles. The first kappa shape index (κ1) is 33.0. The summed E-state index contributed by atoms with van der Waals surface area (Å²) in [5.41, 5.74) is 1.55. The van der Waals surface area contributed by atoms with Crippen LogP contribution in [0, 0.1) is 23.2 Å². The molecule has 3 aromatic rings. The fourth-order valence-electron chi connectivity index (χ4n) is 7.66. The molecule has 1 N–H and O–H groups in total. The van der Waals surface area contributed by atoms with E-state index in [1.807, 2.05) is 24.3 Å². The summed E-state index contributed by atoms with van der Waals surface area (Å²) in [6.07, 6.45) is 8.95. The molecule has 3 atom stereocenters. The van der Waals surface area contributed by atoms with Crippen LogP contribution in [0.5, 0.6) is 0 Å². The van der Waals surface area contributed by atoms with Crippen molar-refractivity contribution in [2.75, 3.05) is 39.3 Å². The number of hydrogen-bond donors (Lipinski definition) is 1. The third-order valence-corrected chi connectivity index (χ3v) is 12.4. The molecule has 1 aliphatic carbocycles. The van der Waals surface area contributed by atoms with E-state index >= 15 is 0 Å². The molecule has 1 saturated carbocycles. The maximum atomic E-state index is 14.9. The van der Waals surface area contributed by atoms with E-state index in [1.54, 1.807) is 62.6 Å². The Labute approximate surface area is 287 Å². The number of piperazine rings is 1. The summed E-state index contributed by atoms with van der Waals surface area (Å²) in [6, 6.07) is 16.1. The van der Waals surface area contributed by atoms with Crippen molar-refractivity contribution >= 4 is 21.9 Å². The van der Waals surface area contributed by atoms with E-state index < -0.39 is 15.7 Å².